The van der Waals surface area contributed by atoms with Crippen molar-refractivity contribution in [3.8, 4) is 67.5 Å². The van der Waals surface area contributed by atoms with E-state index in [1.54, 1.807) is 0 Å². The van der Waals surface area contributed by atoms with Gasteiger partial charge < -0.3 is 4.42 Å². The number of pyridine rings is 1. The molecule has 0 unspecified atom stereocenters. The third-order valence-electron chi connectivity index (χ3n) is 11.9. The number of hydrogen-bond donors (Lipinski definition) is 0. The molecular weight excluding hydrogens is 683 g/mol. The highest BCUT2D eigenvalue weighted by Crippen LogP contribution is 2.64. The van der Waals surface area contributed by atoms with E-state index in [0.29, 0.717) is 11.8 Å². The van der Waals surface area contributed by atoms with Crippen LogP contribution in [0.3, 0.4) is 0 Å². The molecule has 1 spiro atoms. The number of hydrogen-bond acceptors (Lipinski definition) is 4. The first kappa shape index (κ1) is 31.0. The summed E-state index contributed by atoms with van der Waals surface area (Å²) in [5, 5.41) is 12.2. The molecule has 2 aliphatic rings. The molecule has 2 heterocycles. The average molecular weight is 714 g/mol. The largest absolute Gasteiger partial charge is 0.416 e. The van der Waals surface area contributed by atoms with Crippen molar-refractivity contribution in [1.29, 1.82) is 0 Å². The lowest BCUT2D eigenvalue weighted by Gasteiger charge is -2.30. The van der Waals surface area contributed by atoms with E-state index in [9.17, 15) is 0 Å². The Kier molecular flexibility index (Phi) is 6.52. The molecule has 8 aromatic carbocycles. The maximum absolute atomic E-state index is 6.09. The predicted octanol–water partition coefficient (Wildman–Crippen LogP) is 12.8. The van der Waals surface area contributed by atoms with Crippen LogP contribution in [0, 0.1) is 0 Å². The summed E-state index contributed by atoms with van der Waals surface area (Å²) in [4.78, 5) is 5.37. The monoisotopic (exact) mass is 713 g/mol. The Morgan fingerprint density at radius 2 is 0.946 bits per heavy atom. The standard InChI is InChI=1S/C52H31N3O/c1-2-13-34(14-3-1)50-54-55-51(56-50)36-16-12-15-35(31-36)32-25-27-33(28-26-32)49-41-29-30-45-48(47(41)40-20-7-11-24-46(40)53-49)39-19-6-10-23-44(39)52(45)42-21-8-4-17-37(42)38-18-5-9-22-43(38)52/h1-31H. The van der Waals surface area contributed by atoms with E-state index in [1.165, 1.54) is 55.3 Å². The topological polar surface area (TPSA) is 51.8 Å². The molecule has 4 nitrogen and oxygen atoms in total. The second-order valence-electron chi connectivity index (χ2n) is 14.7. The van der Waals surface area contributed by atoms with Crippen LogP contribution in [0.5, 0.6) is 0 Å². The number of rotatable bonds is 4. The van der Waals surface area contributed by atoms with E-state index in [-0.39, 0.29) is 0 Å². The zero-order chi connectivity index (χ0) is 36.8. The lowest BCUT2D eigenvalue weighted by molar-refractivity contribution is 0.584. The first-order valence-electron chi connectivity index (χ1n) is 19.0. The minimum Gasteiger partial charge on any atom is -0.416 e. The molecule has 0 aliphatic heterocycles. The number of nitrogens with zero attached hydrogens (tertiary/aromatic N) is 3. The van der Waals surface area contributed by atoms with E-state index >= 15 is 0 Å². The first-order valence-corrected chi connectivity index (χ1v) is 19.0. The summed E-state index contributed by atoms with van der Waals surface area (Å²) in [5.41, 5.74) is 17.2. The Morgan fingerprint density at radius 3 is 1.70 bits per heavy atom. The number of fused-ring (bicyclic) bond motifs is 14. The van der Waals surface area contributed by atoms with Crippen molar-refractivity contribution in [2.75, 3.05) is 0 Å². The highest BCUT2D eigenvalue weighted by atomic mass is 16.4. The first-order chi connectivity index (χ1) is 27.8. The van der Waals surface area contributed by atoms with Gasteiger partial charge in [0.05, 0.1) is 16.6 Å². The summed E-state index contributed by atoms with van der Waals surface area (Å²) in [7, 11) is 0. The maximum Gasteiger partial charge on any atom is 0.248 e. The lowest BCUT2D eigenvalue weighted by Crippen LogP contribution is -2.25. The smallest absolute Gasteiger partial charge is 0.248 e. The molecule has 2 aromatic heterocycles. The van der Waals surface area contributed by atoms with Gasteiger partial charge in [-0.3, -0.25) is 0 Å². The molecule has 0 saturated heterocycles. The van der Waals surface area contributed by atoms with Crippen molar-refractivity contribution in [1.82, 2.24) is 15.2 Å². The fourth-order valence-electron chi connectivity index (χ4n) is 9.53. The van der Waals surface area contributed by atoms with Gasteiger partial charge in [0.25, 0.3) is 0 Å². The summed E-state index contributed by atoms with van der Waals surface area (Å²) in [5.74, 6) is 1.00. The number of para-hydroxylation sites is 1. The van der Waals surface area contributed by atoms with Crippen molar-refractivity contribution in [3.63, 3.8) is 0 Å². The summed E-state index contributed by atoms with van der Waals surface area (Å²) in [6, 6.07) is 67.2. The van der Waals surface area contributed by atoms with Crippen LogP contribution in [-0.4, -0.2) is 15.2 Å². The molecule has 260 valence electrons. The van der Waals surface area contributed by atoms with Gasteiger partial charge in [-0.1, -0.05) is 158 Å². The highest BCUT2D eigenvalue weighted by molar-refractivity contribution is 6.20. The fraction of sp³-hybridized carbons (Fsp3) is 0.0192. The normalized spacial score (nSPS) is 13.1. The van der Waals surface area contributed by atoms with Gasteiger partial charge in [0.1, 0.15) is 0 Å². The molecule has 4 heteroatoms. The number of aromatic nitrogens is 3. The van der Waals surface area contributed by atoms with Gasteiger partial charge in [-0.25, -0.2) is 4.98 Å². The second kappa shape index (κ2) is 11.8. The molecule has 0 radical (unpaired) electrons. The van der Waals surface area contributed by atoms with Crippen molar-refractivity contribution in [3.05, 3.63) is 210 Å². The molecule has 0 fully saturated rings. The second-order valence-corrected chi connectivity index (χ2v) is 14.7. The lowest BCUT2D eigenvalue weighted by atomic mass is 9.70. The molecule has 12 rings (SSSR count). The van der Waals surface area contributed by atoms with Crippen molar-refractivity contribution < 1.29 is 4.42 Å². The Morgan fingerprint density at radius 1 is 0.375 bits per heavy atom. The molecule has 0 amide bonds. The molecular formula is C52H31N3O. The highest BCUT2D eigenvalue weighted by Gasteiger charge is 2.52. The van der Waals surface area contributed by atoms with Crippen molar-refractivity contribution in [2.24, 2.45) is 0 Å². The minimum atomic E-state index is -0.404. The molecule has 0 bridgehead atoms. The van der Waals surface area contributed by atoms with Gasteiger partial charge in [0.2, 0.25) is 11.8 Å². The number of benzene rings is 8. The molecule has 0 atom stereocenters. The van der Waals surface area contributed by atoms with E-state index in [1.807, 2.05) is 42.5 Å². The SMILES string of the molecule is c1ccc(-c2nnc(-c3cccc(-c4ccc(-c5nc6ccccc6c6c7c(ccc56)C5(c6ccccc6-c6ccccc65)c5ccccc5-7)cc4)c3)o2)cc1. The quantitative estimate of drug-likeness (QED) is 0.170. The van der Waals surface area contributed by atoms with Crippen LogP contribution in [0.1, 0.15) is 22.3 Å². The molecule has 0 saturated carbocycles. The molecule has 0 N–H and O–H groups in total. The third kappa shape index (κ3) is 4.27. The van der Waals surface area contributed by atoms with Crippen LogP contribution < -0.4 is 0 Å². The van der Waals surface area contributed by atoms with E-state index in [0.717, 1.165) is 44.4 Å². The van der Waals surface area contributed by atoms with Gasteiger partial charge in [-0.05, 0) is 86.0 Å². The summed E-state index contributed by atoms with van der Waals surface area (Å²) in [6.07, 6.45) is 0. The van der Waals surface area contributed by atoms with E-state index < -0.39 is 5.41 Å². The van der Waals surface area contributed by atoms with Gasteiger partial charge in [0.15, 0.2) is 0 Å². The van der Waals surface area contributed by atoms with Crippen LogP contribution in [0.2, 0.25) is 0 Å². The van der Waals surface area contributed by atoms with Gasteiger partial charge in [-0.2, -0.15) is 0 Å². The van der Waals surface area contributed by atoms with Crippen molar-refractivity contribution in [2.45, 2.75) is 5.41 Å². The van der Waals surface area contributed by atoms with Crippen LogP contribution in [0.25, 0.3) is 89.2 Å². The molecule has 10 aromatic rings. The summed E-state index contributed by atoms with van der Waals surface area (Å²) >= 11 is 0. The van der Waals surface area contributed by atoms with Gasteiger partial charge in [-0.15, -0.1) is 10.2 Å². The zero-order valence-electron chi connectivity index (χ0n) is 30.1. The molecule has 56 heavy (non-hydrogen) atoms. The van der Waals surface area contributed by atoms with Crippen LogP contribution in [-0.2, 0) is 5.41 Å². The van der Waals surface area contributed by atoms with E-state index in [4.69, 9.17) is 9.40 Å². The Labute approximate surface area is 323 Å². The summed E-state index contributed by atoms with van der Waals surface area (Å²) < 4.78 is 6.09. The van der Waals surface area contributed by atoms with Crippen molar-refractivity contribution >= 4 is 21.7 Å². The van der Waals surface area contributed by atoms with Crippen LogP contribution >= 0.6 is 0 Å². The minimum absolute atomic E-state index is 0.404. The predicted molar refractivity (Wildman–Crippen MR) is 225 cm³/mol. The fourth-order valence-corrected chi connectivity index (χ4v) is 9.53. The van der Waals surface area contributed by atoms with E-state index in [2.05, 4.69) is 156 Å². The third-order valence-corrected chi connectivity index (χ3v) is 11.9. The van der Waals surface area contributed by atoms with Gasteiger partial charge in [0, 0.05) is 32.8 Å². The summed E-state index contributed by atoms with van der Waals surface area (Å²) in [6.45, 7) is 0. The average Bonchev–Trinajstić information content (AvgIpc) is 3.97. The Hall–Kier alpha value is -7.43. The Balaban J connectivity index is 1.02. The Bertz CT molecular complexity index is 3150. The maximum atomic E-state index is 6.09. The molecule has 2 aliphatic carbocycles. The van der Waals surface area contributed by atoms with Gasteiger partial charge >= 0.3 is 0 Å². The zero-order valence-corrected chi connectivity index (χ0v) is 30.1. The van der Waals surface area contributed by atoms with Crippen LogP contribution in [0.4, 0.5) is 0 Å². The van der Waals surface area contributed by atoms with Crippen LogP contribution in [0.15, 0.2) is 192 Å².